The van der Waals surface area contributed by atoms with Crippen molar-refractivity contribution in [1.29, 1.82) is 0 Å². The molecule has 3 nitrogen and oxygen atoms in total. The first-order chi connectivity index (χ1) is 9.56. The standard InChI is InChI=1S/C16H20ClN3/c1-11(9-14-5-4-6-15(17)10-14)20-13(3)16-12(2)18-7-8-19-16/h4-8,10-11,13,20H,9H2,1-3H3. The van der Waals surface area contributed by atoms with Gasteiger partial charge in [0, 0.05) is 29.5 Å². The van der Waals surface area contributed by atoms with Gasteiger partial charge in [0.25, 0.3) is 0 Å². The summed E-state index contributed by atoms with van der Waals surface area (Å²) in [5, 5.41) is 4.34. The minimum atomic E-state index is 0.179. The summed E-state index contributed by atoms with van der Waals surface area (Å²) in [5.41, 5.74) is 3.22. The van der Waals surface area contributed by atoms with Crippen molar-refractivity contribution >= 4 is 11.6 Å². The van der Waals surface area contributed by atoms with Crippen molar-refractivity contribution < 1.29 is 0 Å². The van der Waals surface area contributed by atoms with E-state index in [-0.39, 0.29) is 6.04 Å². The number of aryl methyl sites for hydroxylation is 1. The number of nitrogens with one attached hydrogen (secondary N) is 1. The summed E-state index contributed by atoms with van der Waals surface area (Å²) in [4.78, 5) is 8.69. The second-order valence-corrected chi connectivity index (χ2v) is 5.59. The van der Waals surface area contributed by atoms with Crippen LogP contribution in [0.25, 0.3) is 0 Å². The molecule has 0 amide bonds. The molecule has 0 aliphatic carbocycles. The van der Waals surface area contributed by atoms with Crippen molar-refractivity contribution in [2.24, 2.45) is 0 Å². The molecule has 1 heterocycles. The zero-order chi connectivity index (χ0) is 14.5. The van der Waals surface area contributed by atoms with Gasteiger partial charge in [-0.05, 0) is 44.9 Å². The van der Waals surface area contributed by atoms with Gasteiger partial charge in [0.1, 0.15) is 0 Å². The number of hydrogen-bond acceptors (Lipinski definition) is 3. The number of rotatable bonds is 5. The first kappa shape index (κ1) is 14.9. The van der Waals surface area contributed by atoms with Crippen LogP contribution in [0.4, 0.5) is 0 Å². The zero-order valence-corrected chi connectivity index (χ0v) is 12.9. The Morgan fingerprint density at radius 3 is 2.65 bits per heavy atom. The van der Waals surface area contributed by atoms with Crippen LogP contribution in [0.1, 0.15) is 36.8 Å². The van der Waals surface area contributed by atoms with E-state index in [0.717, 1.165) is 22.8 Å². The van der Waals surface area contributed by atoms with Gasteiger partial charge in [-0.25, -0.2) is 0 Å². The van der Waals surface area contributed by atoms with Crippen molar-refractivity contribution in [3.63, 3.8) is 0 Å². The highest BCUT2D eigenvalue weighted by molar-refractivity contribution is 6.30. The van der Waals surface area contributed by atoms with Crippen LogP contribution >= 0.6 is 11.6 Å². The first-order valence-corrected chi connectivity index (χ1v) is 7.22. The molecule has 1 aromatic carbocycles. The fourth-order valence-electron chi connectivity index (χ4n) is 2.43. The molecule has 2 aromatic rings. The molecule has 0 bridgehead atoms. The molecule has 2 rings (SSSR count). The fraction of sp³-hybridized carbons (Fsp3) is 0.375. The van der Waals surface area contributed by atoms with Gasteiger partial charge in [0.15, 0.2) is 0 Å². The van der Waals surface area contributed by atoms with Gasteiger partial charge in [-0.1, -0.05) is 23.7 Å². The number of nitrogens with zero attached hydrogens (tertiary/aromatic N) is 2. The molecule has 0 fully saturated rings. The van der Waals surface area contributed by atoms with Gasteiger partial charge in [0.05, 0.1) is 11.4 Å². The molecule has 0 saturated carbocycles. The minimum Gasteiger partial charge on any atom is -0.306 e. The third kappa shape index (κ3) is 4.02. The maximum Gasteiger partial charge on any atom is 0.0782 e. The van der Waals surface area contributed by atoms with E-state index in [2.05, 4.69) is 35.2 Å². The second kappa shape index (κ2) is 6.82. The van der Waals surface area contributed by atoms with E-state index in [1.54, 1.807) is 12.4 Å². The van der Waals surface area contributed by atoms with Gasteiger partial charge in [-0.15, -0.1) is 0 Å². The Hall–Kier alpha value is -1.45. The Bertz CT molecular complexity index is 571. The maximum atomic E-state index is 6.01. The number of benzene rings is 1. The third-order valence-corrected chi connectivity index (χ3v) is 3.53. The van der Waals surface area contributed by atoms with Crippen LogP contribution in [0.15, 0.2) is 36.7 Å². The molecule has 0 radical (unpaired) electrons. The summed E-state index contributed by atoms with van der Waals surface area (Å²) in [6, 6.07) is 8.51. The van der Waals surface area contributed by atoms with Crippen LogP contribution in [-0.2, 0) is 6.42 Å². The molecule has 1 N–H and O–H groups in total. The first-order valence-electron chi connectivity index (χ1n) is 6.84. The van der Waals surface area contributed by atoms with E-state index >= 15 is 0 Å². The highest BCUT2D eigenvalue weighted by Gasteiger charge is 2.13. The van der Waals surface area contributed by atoms with E-state index < -0.39 is 0 Å². The predicted molar refractivity (Wildman–Crippen MR) is 82.9 cm³/mol. The summed E-state index contributed by atoms with van der Waals surface area (Å²) >= 11 is 6.01. The number of halogens is 1. The summed E-state index contributed by atoms with van der Waals surface area (Å²) < 4.78 is 0. The average Bonchev–Trinajstić information content (AvgIpc) is 2.38. The Kier molecular flexibility index (Phi) is 5.10. The van der Waals surface area contributed by atoms with E-state index in [1.807, 2.05) is 25.1 Å². The third-order valence-electron chi connectivity index (χ3n) is 3.29. The van der Waals surface area contributed by atoms with Crippen LogP contribution in [0, 0.1) is 6.92 Å². The Morgan fingerprint density at radius 2 is 1.95 bits per heavy atom. The van der Waals surface area contributed by atoms with Gasteiger partial charge in [-0.3, -0.25) is 9.97 Å². The van der Waals surface area contributed by atoms with E-state index in [1.165, 1.54) is 5.56 Å². The topological polar surface area (TPSA) is 37.8 Å². The monoisotopic (exact) mass is 289 g/mol. The maximum absolute atomic E-state index is 6.01. The zero-order valence-electron chi connectivity index (χ0n) is 12.1. The Morgan fingerprint density at radius 1 is 1.20 bits per heavy atom. The number of hydrogen-bond donors (Lipinski definition) is 1. The van der Waals surface area contributed by atoms with Gasteiger partial charge < -0.3 is 5.32 Å². The van der Waals surface area contributed by atoms with E-state index in [0.29, 0.717) is 6.04 Å². The van der Waals surface area contributed by atoms with Crippen LogP contribution in [0.2, 0.25) is 5.02 Å². The van der Waals surface area contributed by atoms with Gasteiger partial charge in [0.2, 0.25) is 0 Å². The molecular weight excluding hydrogens is 270 g/mol. The van der Waals surface area contributed by atoms with Gasteiger partial charge >= 0.3 is 0 Å². The smallest absolute Gasteiger partial charge is 0.0782 e. The number of aromatic nitrogens is 2. The SMILES string of the molecule is Cc1nccnc1C(C)NC(C)Cc1cccc(Cl)c1. The lowest BCUT2D eigenvalue weighted by Gasteiger charge is -2.20. The highest BCUT2D eigenvalue weighted by atomic mass is 35.5. The van der Waals surface area contributed by atoms with E-state index in [9.17, 15) is 0 Å². The lowest BCUT2D eigenvalue weighted by molar-refractivity contribution is 0.467. The van der Waals surface area contributed by atoms with Crippen LogP contribution in [-0.4, -0.2) is 16.0 Å². The van der Waals surface area contributed by atoms with Crippen molar-refractivity contribution in [1.82, 2.24) is 15.3 Å². The highest BCUT2D eigenvalue weighted by Crippen LogP contribution is 2.15. The normalized spacial score (nSPS) is 14.0. The summed E-state index contributed by atoms with van der Waals surface area (Å²) in [5.74, 6) is 0. The summed E-state index contributed by atoms with van der Waals surface area (Å²) in [6.45, 7) is 6.27. The fourth-order valence-corrected chi connectivity index (χ4v) is 2.64. The molecule has 1 aromatic heterocycles. The predicted octanol–water partition coefficient (Wildman–Crippen LogP) is 3.72. The van der Waals surface area contributed by atoms with Gasteiger partial charge in [-0.2, -0.15) is 0 Å². The lowest BCUT2D eigenvalue weighted by Crippen LogP contribution is -2.31. The molecule has 4 heteroatoms. The largest absolute Gasteiger partial charge is 0.306 e. The lowest BCUT2D eigenvalue weighted by atomic mass is 10.1. The molecule has 0 spiro atoms. The second-order valence-electron chi connectivity index (χ2n) is 5.15. The van der Waals surface area contributed by atoms with Crippen molar-refractivity contribution in [3.05, 3.63) is 58.6 Å². The quantitative estimate of drug-likeness (QED) is 0.911. The molecule has 106 valence electrons. The van der Waals surface area contributed by atoms with Crippen molar-refractivity contribution in [2.75, 3.05) is 0 Å². The van der Waals surface area contributed by atoms with Crippen molar-refractivity contribution in [2.45, 2.75) is 39.3 Å². The average molecular weight is 290 g/mol. The molecule has 2 atom stereocenters. The molecule has 2 unspecified atom stereocenters. The summed E-state index contributed by atoms with van der Waals surface area (Å²) in [6.07, 6.45) is 4.40. The minimum absolute atomic E-state index is 0.179. The molecular formula is C16H20ClN3. The molecule has 20 heavy (non-hydrogen) atoms. The molecule has 0 aliphatic heterocycles. The van der Waals surface area contributed by atoms with Crippen molar-refractivity contribution in [3.8, 4) is 0 Å². The van der Waals surface area contributed by atoms with E-state index in [4.69, 9.17) is 11.6 Å². The molecule has 0 saturated heterocycles. The Labute approximate surface area is 125 Å². The Balaban J connectivity index is 1.98. The van der Waals surface area contributed by atoms with Crippen LogP contribution < -0.4 is 5.32 Å². The van der Waals surface area contributed by atoms with Crippen LogP contribution in [0.5, 0.6) is 0 Å². The van der Waals surface area contributed by atoms with Crippen LogP contribution in [0.3, 0.4) is 0 Å². The summed E-state index contributed by atoms with van der Waals surface area (Å²) in [7, 11) is 0. The molecule has 0 aliphatic rings.